The molecule has 0 heterocycles. The molecule has 0 radical (unpaired) electrons. The summed E-state index contributed by atoms with van der Waals surface area (Å²) in [6.07, 6.45) is -0.106. The molecule has 0 fully saturated rings. The van der Waals surface area contributed by atoms with Gasteiger partial charge in [0.05, 0.1) is 6.61 Å². The van der Waals surface area contributed by atoms with Gasteiger partial charge in [-0.05, 0) is 31.9 Å². The lowest BCUT2D eigenvalue weighted by Gasteiger charge is -2.16. The molecule has 0 aliphatic carbocycles. The van der Waals surface area contributed by atoms with Crippen molar-refractivity contribution in [3.8, 4) is 11.5 Å². The van der Waals surface area contributed by atoms with Crippen LogP contribution in [-0.4, -0.2) is 23.8 Å². The van der Waals surface area contributed by atoms with Crippen molar-refractivity contribution < 1.29 is 19.4 Å². The van der Waals surface area contributed by atoms with E-state index in [1.807, 2.05) is 6.92 Å². The largest absolute Gasteiger partial charge is 0.508 e. The van der Waals surface area contributed by atoms with Gasteiger partial charge in [-0.3, -0.25) is 0 Å². The molecule has 0 amide bonds. The zero-order chi connectivity index (χ0) is 12.8. The molecular formula is C13H18O4. The highest BCUT2D eigenvalue weighted by Crippen LogP contribution is 2.24. The van der Waals surface area contributed by atoms with Crippen molar-refractivity contribution in [2.45, 2.75) is 33.3 Å². The van der Waals surface area contributed by atoms with Gasteiger partial charge in [0.2, 0.25) is 0 Å². The molecule has 1 aromatic carbocycles. The predicted molar refractivity (Wildman–Crippen MR) is 64.2 cm³/mol. The third-order valence-corrected chi connectivity index (χ3v) is 2.38. The monoisotopic (exact) mass is 238 g/mol. The number of phenols is 1. The van der Waals surface area contributed by atoms with Gasteiger partial charge in [0, 0.05) is 6.07 Å². The molecule has 94 valence electrons. The van der Waals surface area contributed by atoms with Crippen LogP contribution in [0, 0.1) is 6.92 Å². The molecule has 0 aliphatic heterocycles. The zero-order valence-electron chi connectivity index (χ0n) is 10.4. The van der Waals surface area contributed by atoms with Gasteiger partial charge < -0.3 is 14.6 Å². The zero-order valence-corrected chi connectivity index (χ0v) is 10.4. The lowest BCUT2D eigenvalue weighted by Crippen LogP contribution is -2.28. The summed E-state index contributed by atoms with van der Waals surface area (Å²) in [6.45, 7) is 5.72. The van der Waals surface area contributed by atoms with Gasteiger partial charge in [-0.25, -0.2) is 4.79 Å². The Morgan fingerprint density at radius 1 is 1.41 bits per heavy atom. The topological polar surface area (TPSA) is 55.8 Å². The van der Waals surface area contributed by atoms with E-state index in [-0.39, 0.29) is 11.7 Å². The molecular weight excluding hydrogens is 220 g/mol. The summed E-state index contributed by atoms with van der Waals surface area (Å²) >= 11 is 0. The van der Waals surface area contributed by atoms with Gasteiger partial charge in [0.1, 0.15) is 11.5 Å². The van der Waals surface area contributed by atoms with Crippen LogP contribution in [0.15, 0.2) is 18.2 Å². The molecule has 17 heavy (non-hydrogen) atoms. The SMILES string of the molecule is CCOC(=O)C(CC)Oc1ccc(C)c(O)c1. The van der Waals surface area contributed by atoms with Crippen LogP contribution < -0.4 is 4.74 Å². The summed E-state index contributed by atoms with van der Waals surface area (Å²) in [6, 6.07) is 4.96. The number of hydrogen-bond donors (Lipinski definition) is 1. The average Bonchev–Trinajstić information content (AvgIpc) is 2.30. The highest BCUT2D eigenvalue weighted by Gasteiger charge is 2.19. The summed E-state index contributed by atoms with van der Waals surface area (Å²) in [5, 5.41) is 9.53. The predicted octanol–water partition coefficient (Wildman–Crippen LogP) is 2.42. The molecule has 0 saturated carbocycles. The number of rotatable bonds is 5. The number of aromatic hydroxyl groups is 1. The Morgan fingerprint density at radius 2 is 2.12 bits per heavy atom. The molecule has 0 spiro atoms. The Hall–Kier alpha value is -1.71. The minimum absolute atomic E-state index is 0.154. The molecule has 0 bridgehead atoms. The van der Waals surface area contributed by atoms with Crippen molar-refractivity contribution in [3.63, 3.8) is 0 Å². The number of hydrogen-bond acceptors (Lipinski definition) is 4. The molecule has 1 atom stereocenters. The molecule has 0 saturated heterocycles. The molecule has 4 heteroatoms. The normalized spacial score (nSPS) is 11.9. The van der Waals surface area contributed by atoms with E-state index in [0.717, 1.165) is 5.56 Å². The van der Waals surface area contributed by atoms with E-state index in [2.05, 4.69) is 0 Å². The van der Waals surface area contributed by atoms with E-state index in [9.17, 15) is 9.90 Å². The van der Waals surface area contributed by atoms with Crippen LogP contribution in [0.5, 0.6) is 11.5 Å². The first kappa shape index (κ1) is 13.4. The number of carbonyl (C=O) groups excluding carboxylic acids is 1. The van der Waals surface area contributed by atoms with Crippen LogP contribution in [0.2, 0.25) is 0 Å². The fourth-order valence-corrected chi connectivity index (χ4v) is 1.36. The first-order chi connectivity index (χ1) is 8.08. The maximum Gasteiger partial charge on any atom is 0.347 e. The molecule has 0 aliphatic rings. The number of phenolic OH excluding ortho intramolecular Hbond substituents is 1. The minimum Gasteiger partial charge on any atom is -0.508 e. The summed E-state index contributed by atoms with van der Waals surface area (Å²) in [5.74, 6) is 0.240. The second-order valence-corrected chi connectivity index (χ2v) is 3.72. The Morgan fingerprint density at radius 3 is 2.65 bits per heavy atom. The van der Waals surface area contributed by atoms with Crippen molar-refractivity contribution >= 4 is 5.97 Å². The van der Waals surface area contributed by atoms with Gasteiger partial charge in [0.15, 0.2) is 6.10 Å². The van der Waals surface area contributed by atoms with Crippen LogP contribution in [0.25, 0.3) is 0 Å². The van der Waals surface area contributed by atoms with E-state index < -0.39 is 6.10 Å². The maximum absolute atomic E-state index is 11.5. The molecule has 1 aromatic rings. The quantitative estimate of drug-likeness (QED) is 0.800. The van der Waals surface area contributed by atoms with Crippen LogP contribution in [-0.2, 0) is 9.53 Å². The fourth-order valence-electron chi connectivity index (χ4n) is 1.36. The lowest BCUT2D eigenvalue weighted by atomic mass is 10.2. The Labute approximate surface area is 101 Å². The second kappa shape index (κ2) is 6.13. The lowest BCUT2D eigenvalue weighted by molar-refractivity contribution is -0.151. The van der Waals surface area contributed by atoms with Crippen LogP contribution in [0.1, 0.15) is 25.8 Å². The summed E-state index contributed by atoms with van der Waals surface area (Å²) in [7, 11) is 0. The summed E-state index contributed by atoms with van der Waals surface area (Å²) < 4.78 is 10.4. The highest BCUT2D eigenvalue weighted by atomic mass is 16.6. The molecule has 1 unspecified atom stereocenters. The van der Waals surface area contributed by atoms with Crippen molar-refractivity contribution in [1.29, 1.82) is 0 Å². The van der Waals surface area contributed by atoms with E-state index in [1.165, 1.54) is 6.07 Å². The number of esters is 1. The van der Waals surface area contributed by atoms with E-state index >= 15 is 0 Å². The standard InChI is InChI=1S/C13H18O4/c1-4-12(13(15)16-5-2)17-10-7-6-9(3)11(14)8-10/h6-8,12,14H,4-5H2,1-3H3. The average molecular weight is 238 g/mol. The Kier molecular flexibility index (Phi) is 4.82. The summed E-state index contributed by atoms with van der Waals surface area (Å²) in [4.78, 5) is 11.5. The minimum atomic E-state index is -0.628. The van der Waals surface area contributed by atoms with Gasteiger partial charge in [-0.2, -0.15) is 0 Å². The van der Waals surface area contributed by atoms with Crippen molar-refractivity contribution in [1.82, 2.24) is 0 Å². The summed E-state index contributed by atoms with van der Waals surface area (Å²) in [5.41, 5.74) is 0.765. The third kappa shape index (κ3) is 3.66. The molecule has 1 rings (SSSR count). The van der Waals surface area contributed by atoms with E-state index in [1.54, 1.807) is 26.0 Å². The smallest absolute Gasteiger partial charge is 0.347 e. The highest BCUT2D eigenvalue weighted by molar-refractivity contribution is 5.75. The first-order valence-electron chi connectivity index (χ1n) is 5.71. The van der Waals surface area contributed by atoms with E-state index in [4.69, 9.17) is 9.47 Å². The van der Waals surface area contributed by atoms with Gasteiger partial charge in [-0.15, -0.1) is 0 Å². The fraction of sp³-hybridized carbons (Fsp3) is 0.462. The van der Waals surface area contributed by atoms with Gasteiger partial charge in [0.25, 0.3) is 0 Å². The Balaban J connectivity index is 2.73. The maximum atomic E-state index is 11.5. The van der Waals surface area contributed by atoms with Crippen LogP contribution >= 0.6 is 0 Å². The van der Waals surface area contributed by atoms with Crippen molar-refractivity contribution in [2.24, 2.45) is 0 Å². The van der Waals surface area contributed by atoms with Crippen LogP contribution in [0.3, 0.4) is 0 Å². The van der Waals surface area contributed by atoms with Crippen molar-refractivity contribution in [2.75, 3.05) is 6.61 Å². The van der Waals surface area contributed by atoms with Crippen LogP contribution in [0.4, 0.5) is 0 Å². The number of benzene rings is 1. The Bertz CT molecular complexity index is 387. The third-order valence-electron chi connectivity index (χ3n) is 2.38. The van der Waals surface area contributed by atoms with E-state index in [0.29, 0.717) is 18.8 Å². The number of carbonyl (C=O) groups is 1. The molecule has 4 nitrogen and oxygen atoms in total. The molecule has 1 N–H and O–H groups in total. The van der Waals surface area contributed by atoms with Gasteiger partial charge in [-0.1, -0.05) is 13.0 Å². The molecule has 0 aromatic heterocycles. The first-order valence-corrected chi connectivity index (χ1v) is 5.71. The van der Waals surface area contributed by atoms with Crippen molar-refractivity contribution in [3.05, 3.63) is 23.8 Å². The number of ether oxygens (including phenoxy) is 2. The van der Waals surface area contributed by atoms with Gasteiger partial charge >= 0.3 is 5.97 Å². The second-order valence-electron chi connectivity index (χ2n) is 3.72. The number of aryl methyl sites for hydroxylation is 1.